The fourth-order valence-corrected chi connectivity index (χ4v) is 7.66. The van der Waals surface area contributed by atoms with E-state index in [1.807, 2.05) is 54.0 Å². The minimum absolute atomic E-state index is 0.224. The highest BCUT2D eigenvalue weighted by Crippen LogP contribution is 2.67. The standard InChI is InChI=1S/C32H30N4O/c1-20-7-8-26(14-25(20)19-33)34-27-11-21-12-29-24(13-27)18-32(29,17-21)31(37)30-16-28-15-23(9-10-36(28)35-30)22-5-3-2-4-6-22/h2-10,14-16,21,24,27,29,34H,11-13,17-18H2,1H3/t21-,24-,27+,29?,32-/m1/s1. The monoisotopic (exact) mass is 486 g/mol. The molecule has 184 valence electrons. The smallest absolute Gasteiger partial charge is 0.189 e. The number of carbonyl (C=O) groups excluding carboxylic acids is 1. The summed E-state index contributed by atoms with van der Waals surface area (Å²) < 4.78 is 1.84. The van der Waals surface area contributed by atoms with Crippen molar-refractivity contribution in [2.45, 2.75) is 45.1 Å². The second-order valence-electron chi connectivity index (χ2n) is 11.5. The fourth-order valence-electron chi connectivity index (χ4n) is 7.66. The zero-order chi connectivity index (χ0) is 25.1. The summed E-state index contributed by atoms with van der Waals surface area (Å²) in [4.78, 5) is 13.9. The van der Waals surface area contributed by atoms with Gasteiger partial charge >= 0.3 is 0 Å². The third-order valence-corrected chi connectivity index (χ3v) is 9.33. The SMILES string of the molecule is Cc1ccc(N[C@H]2C[C@@H]3CC4[C@H](C2)C[C@]4(C(=O)c2cc4cc(-c5ccccc5)ccn4n2)C3)cc1C#N. The summed E-state index contributed by atoms with van der Waals surface area (Å²) in [6.45, 7) is 1.98. The summed E-state index contributed by atoms with van der Waals surface area (Å²) >= 11 is 0. The van der Waals surface area contributed by atoms with Crippen molar-refractivity contribution in [3.05, 3.63) is 89.7 Å². The van der Waals surface area contributed by atoms with E-state index in [-0.39, 0.29) is 11.2 Å². The summed E-state index contributed by atoms with van der Waals surface area (Å²) in [5, 5.41) is 17.8. The molecule has 3 aliphatic rings. The van der Waals surface area contributed by atoms with Crippen LogP contribution in [0.4, 0.5) is 5.69 Å². The lowest BCUT2D eigenvalue weighted by molar-refractivity contribution is -0.00832. The van der Waals surface area contributed by atoms with E-state index in [0.717, 1.165) is 65.6 Å². The number of hydrogen-bond donors (Lipinski definition) is 1. The first-order valence-corrected chi connectivity index (χ1v) is 13.4. The summed E-state index contributed by atoms with van der Waals surface area (Å²) in [6, 6.07) is 25.3. The molecule has 2 aromatic heterocycles. The molecule has 37 heavy (non-hydrogen) atoms. The van der Waals surface area contributed by atoms with Crippen molar-refractivity contribution < 1.29 is 4.79 Å². The third kappa shape index (κ3) is 3.58. The highest BCUT2D eigenvalue weighted by molar-refractivity contribution is 6.01. The Balaban J connectivity index is 1.10. The van der Waals surface area contributed by atoms with Crippen molar-refractivity contribution in [2.24, 2.45) is 23.2 Å². The molecule has 0 saturated heterocycles. The molecule has 2 aromatic carbocycles. The normalized spacial score (nSPS) is 27.8. The van der Waals surface area contributed by atoms with Crippen LogP contribution in [0.5, 0.6) is 0 Å². The second kappa shape index (κ2) is 8.31. The van der Waals surface area contributed by atoms with Crippen LogP contribution in [0.15, 0.2) is 72.9 Å². The van der Waals surface area contributed by atoms with Gasteiger partial charge in [-0.15, -0.1) is 0 Å². The third-order valence-electron chi connectivity index (χ3n) is 9.33. The molecule has 0 aliphatic heterocycles. The molecule has 7 rings (SSSR count). The van der Waals surface area contributed by atoms with Crippen molar-refractivity contribution in [2.75, 3.05) is 5.32 Å². The number of aryl methyl sites for hydroxylation is 1. The Morgan fingerprint density at radius 1 is 1.03 bits per heavy atom. The molecule has 0 spiro atoms. The first-order chi connectivity index (χ1) is 18.0. The van der Waals surface area contributed by atoms with Gasteiger partial charge in [0, 0.05) is 23.3 Å². The molecule has 0 radical (unpaired) electrons. The number of nitrogens with zero attached hydrogens (tertiary/aromatic N) is 3. The molecule has 2 heterocycles. The van der Waals surface area contributed by atoms with Gasteiger partial charge in [-0.05, 0) is 104 Å². The highest BCUT2D eigenvalue weighted by atomic mass is 16.1. The van der Waals surface area contributed by atoms with Gasteiger partial charge in [0.1, 0.15) is 5.69 Å². The van der Waals surface area contributed by atoms with Gasteiger partial charge in [-0.1, -0.05) is 36.4 Å². The summed E-state index contributed by atoms with van der Waals surface area (Å²) in [6.07, 6.45) is 7.25. The number of ketones is 1. The topological polar surface area (TPSA) is 70.2 Å². The zero-order valence-corrected chi connectivity index (χ0v) is 21.0. The van der Waals surface area contributed by atoms with Gasteiger partial charge in [0.25, 0.3) is 0 Å². The number of aromatic nitrogens is 2. The van der Waals surface area contributed by atoms with Crippen LogP contribution in [0.1, 0.15) is 53.7 Å². The van der Waals surface area contributed by atoms with Crippen molar-refractivity contribution >= 4 is 17.0 Å². The molecule has 4 aromatic rings. The van der Waals surface area contributed by atoms with E-state index < -0.39 is 0 Å². The van der Waals surface area contributed by atoms with Gasteiger partial charge in [-0.25, -0.2) is 4.52 Å². The van der Waals surface area contributed by atoms with Crippen LogP contribution in [0.3, 0.4) is 0 Å². The van der Waals surface area contributed by atoms with E-state index in [1.54, 1.807) is 0 Å². The van der Waals surface area contributed by atoms with Gasteiger partial charge in [0.2, 0.25) is 0 Å². The Bertz CT molecular complexity index is 1560. The predicted octanol–water partition coefficient (Wildman–Crippen LogP) is 6.67. The zero-order valence-electron chi connectivity index (χ0n) is 21.0. The molecule has 0 amide bonds. The molecule has 1 N–H and O–H groups in total. The predicted molar refractivity (Wildman–Crippen MR) is 144 cm³/mol. The van der Waals surface area contributed by atoms with Crippen molar-refractivity contribution in [3.8, 4) is 17.2 Å². The van der Waals surface area contributed by atoms with E-state index >= 15 is 0 Å². The Morgan fingerprint density at radius 3 is 2.73 bits per heavy atom. The number of rotatable bonds is 5. The lowest BCUT2D eigenvalue weighted by Gasteiger charge is -2.51. The lowest BCUT2D eigenvalue weighted by atomic mass is 9.51. The molecule has 2 bridgehead atoms. The summed E-state index contributed by atoms with van der Waals surface area (Å²) in [5.74, 6) is 1.86. The number of pyridine rings is 1. The maximum atomic E-state index is 13.9. The lowest BCUT2D eigenvalue weighted by Crippen LogP contribution is -2.51. The van der Waals surface area contributed by atoms with E-state index in [2.05, 4.69) is 41.7 Å². The summed E-state index contributed by atoms with van der Waals surface area (Å²) in [5.41, 5.74) is 6.44. The average Bonchev–Trinajstić information content (AvgIpc) is 3.41. The molecule has 5 atom stereocenters. The number of hydrogen-bond acceptors (Lipinski definition) is 4. The van der Waals surface area contributed by atoms with Gasteiger partial charge in [0.15, 0.2) is 5.78 Å². The van der Waals surface area contributed by atoms with Gasteiger partial charge in [0.05, 0.1) is 17.1 Å². The second-order valence-corrected chi connectivity index (χ2v) is 11.5. The van der Waals surface area contributed by atoms with Crippen LogP contribution >= 0.6 is 0 Å². The van der Waals surface area contributed by atoms with Crippen LogP contribution in [0.25, 0.3) is 16.6 Å². The molecule has 3 fully saturated rings. The maximum Gasteiger partial charge on any atom is 0.189 e. The van der Waals surface area contributed by atoms with Crippen molar-refractivity contribution in [1.82, 2.24) is 9.61 Å². The van der Waals surface area contributed by atoms with E-state index in [1.165, 1.54) is 0 Å². The Labute approximate surface area is 217 Å². The number of carbonyl (C=O) groups is 1. The highest BCUT2D eigenvalue weighted by Gasteiger charge is 2.64. The summed E-state index contributed by atoms with van der Waals surface area (Å²) in [7, 11) is 0. The van der Waals surface area contributed by atoms with E-state index in [9.17, 15) is 10.1 Å². The minimum atomic E-state index is -0.224. The van der Waals surface area contributed by atoms with Gasteiger partial charge in [-0.3, -0.25) is 4.79 Å². The quantitative estimate of drug-likeness (QED) is 0.320. The van der Waals surface area contributed by atoms with E-state index in [4.69, 9.17) is 5.10 Å². The van der Waals surface area contributed by atoms with Gasteiger partial charge < -0.3 is 5.32 Å². The average molecular weight is 487 g/mol. The van der Waals surface area contributed by atoms with Crippen LogP contribution in [-0.4, -0.2) is 21.4 Å². The minimum Gasteiger partial charge on any atom is -0.382 e. The molecule has 1 unspecified atom stereocenters. The van der Waals surface area contributed by atoms with Gasteiger partial charge in [-0.2, -0.15) is 10.4 Å². The number of anilines is 1. The molecule has 5 nitrogen and oxygen atoms in total. The Kier molecular flexibility index (Phi) is 5.01. The number of Topliss-reactive ketones (excluding diaryl/α,β-unsaturated/α-hetero) is 1. The largest absolute Gasteiger partial charge is 0.382 e. The maximum absolute atomic E-state index is 13.9. The van der Waals surface area contributed by atoms with Crippen LogP contribution in [-0.2, 0) is 0 Å². The molecule has 5 heteroatoms. The first-order valence-electron chi connectivity index (χ1n) is 13.4. The number of fused-ring (bicyclic) bond motifs is 2. The number of nitrogens with one attached hydrogen (secondary N) is 1. The molecular weight excluding hydrogens is 456 g/mol. The molecule has 3 saturated carbocycles. The van der Waals surface area contributed by atoms with Crippen molar-refractivity contribution in [3.63, 3.8) is 0 Å². The van der Waals surface area contributed by atoms with Crippen molar-refractivity contribution in [1.29, 1.82) is 5.26 Å². The fraction of sp³-hybridized carbons (Fsp3) is 0.344. The first kappa shape index (κ1) is 22.3. The van der Waals surface area contributed by atoms with Crippen LogP contribution in [0, 0.1) is 41.4 Å². The molecular formula is C32H30N4O. The Morgan fingerprint density at radius 2 is 1.89 bits per heavy atom. The van der Waals surface area contributed by atoms with E-state index in [0.29, 0.717) is 29.5 Å². The number of nitriles is 1. The number of benzene rings is 2. The Hall–Kier alpha value is -3.91. The van der Waals surface area contributed by atoms with Crippen LogP contribution < -0.4 is 5.32 Å². The molecule has 3 aliphatic carbocycles. The van der Waals surface area contributed by atoms with Crippen LogP contribution in [0.2, 0.25) is 0 Å².